The first-order valence-electron chi connectivity index (χ1n) is 3.32. The first-order valence-corrected chi connectivity index (χ1v) is 5.05. The van der Waals surface area contributed by atoms with Crippen molar-refractivity contribution in [2.24, 2.45) is 0 Å². The molecule has 0 saturated heterocycles. The molecule has 13 heavy (non-hydrogen) atoms. The smallest absolute Gasteiger partial charge is 0.789 e. The van der Waals surface area contributed by atoms with Crippen molar-refractivity contribution in [1.29, 1.82) is 0 Å². The van der Waals surface area contributed by atoms with E-state index >= 15 is 0 Å². The summed E-state index contributed by atoms with van der Waals surface area (Å²) in [4.78, 5) is 0. The second-order valence-electron chi connectivity index (χ2n) is 1.37. The molecule has 0 heterocycles. The van der Waals surface area contributed by atoms with Gasteiger partial charge in [0.1, 0.15) is 0 Å². The van der Waals surface area contributed by atoms with Gasteiger partial charge in [0.2, 0.25) is 0 Å². The molecule has 0 fully saturated rings. The minimum atomic E-state index is 0. The summed E-state index contributed by atoms with van der Waals surface area (Å²) in [5.74, 6) is 2.00. The third kappa shape index (κ3) is 98.1. The second kappa shape index (κ2) is 38.2. The van der Waals surface area contributed by atoms with Crippen molar-refractivity contribution < 1.29 is 22.4 Å². The van der Waals surface area contributed by atoms with Crippen LogP contribution in [0.2, 0.25) is 0 Å². The Morgan fingerprint density at radius 2 is 0.769 bits per heavy atom. The van der Waals surface area contributed by atoms with Crippen molar-refractivity contribution in [2.45, 2.75) is 0 Å². The van der Waals surface area contributed by atoms with E-state index in [0.717, 1.165) is 0 Å². The van der Waals surface area contributed by atoms with E-state index in [9.17, 15) is 0 Å². The van der Waals surface area contributed by atoms with Gasteiger partial charge in [0, 0.05) is 0 Å². The van der Waals surface area contributed by atoms with E-state index in [-0.39, 0.29) is 22.4 Å². The fourth-order valence-corrected chi connectivity index (χ4v) is 0. The van der Waals surface area contributed by atoms with E-state index in [2.05, 4.69) is 57.6 Å². The molecule has 0 aromatic carbocycles. The van der Waals surface area contributed by atoms with Crippen LogP contribution in [0.4, 0.5) is 0 Å². The van der Waals surface area contributed by atoms with Crippen LogP contribution in [-0.2, 0) is 60.3 Å². The molecule has 0 rings (SSSR count). The Morgan fingerprint density at radius 1 is 0.692 bits per heavy atom. The van der Waals surface area contributed by atoms with Crippen LogP contribution in [0.3, 0.4) is 0 Å². The zero-order chi connectivity index (χ0) is 10.2. The monoisotopic (exact) mass is 416 g/mol. The molecule has 0 unspecified atom stereocenters. The minimum Gasteiger partial charge on any atom is -0.789 e. The summed E-state index contributed by atoms with van der Waals surface area (Å²) in [7, 11) is 0. The average Bonchev–Trinajstić information content (AvgIpc) is 2.18. The van der Waals surface area contributed by atoms with Gasteiger partial charge in [-0.3, -0.25) is 0 Å². The van der Waals surface area contributed by atoms with Gasteiger partial charge in [-0.15, -0.1) is 38.0 Å². The van der Waals surface area contributed by atoms with E-state index in [0.29, 0.717) is 17.3 Å². The molecule has 0 nitrogen and oxygen atoms in total. The Labute approximate surface area is 115 Å². The predicted octanol–water partition coefficient (Wildman–Crippen LogP) is 2.16. The topological polar surface area (TPSA) is 0 Å². The van der Waals surface area contributed by atoms with Crippen molar-refractivity contribution in [3.05, 3.63) is 38.0 Å². The van der Waals surface area contributed by atoms with Crippen LogP contribution in [0.5, 0.6) is 0 Å². The zero-order valence-electron chi connectivity index (χ0n) is 7.50. The van der Waals surface area contributed by atoms with Crippen molar-refractivity contribution in [2.75, 3.05) is 17.3 Å². The van der Waals surface area contributed by atoms with Gasteiger partial charge in [-0.1, -0.05) is 0 Å². The van der Waals surface area contributed by atoms with Crippen LogP contribution in [-0.4, -0.2) is 17.3 Å². The van der Waals surface area contributed by atoms with Crippen LogP contribution in [0.25, 0.3) is 0 Å². The van der Waals surface area contributed by atoms with E-state index in [4.69, 9.17) is 0 Å². The molecular weight excluding hydrogens is 401 g/mol. The predicted molar refractivity (Wildman–Crippen MR) is 67.3 cm³/mol. The molecule has 0 amide bonds. The first-order chi connectivity index (χ1) is 5.74. The van der Waals surface area contributed by atoms with E-state index in [1.54, 1.807) is 18.2 Å². The molecule has 0 atom stereocenters. The van der Waals surface area contributed by atoms with E-state index < -0.39 is 0 Å². The normalized spacial score (nSPS) is 5.77. The van der Waals surface area contributed by atoms with Gasteiger partial charge in [-0.25, -0.2) is 0 Å². The van der Waals surface area contributed by atoms with Gasteiger partial charge in [-0.05, 0) is 0 Å². The molecular formula is C9H15AuS3. The molecule has 0 aliphatic rings. The van der Waals surface area contributed by atoms with Crippen LogP contribution in [0, 0.1) is 0 Å². The summed E-state index contributed by atoms with van der Waals surface area (Å²) in [5.41, 5.74) is 0. The molecule has 0 aromatic heterocycles. The maximum absolute atomic E-state index is 4.44. The Morgan fingerprint density at radius 3 is 0.769 bits per heavy atom. The van der Waals surface area contributed by atoms with Crippen LogP contribution in [0.1, 0.15) is 0 Å². The summed E-state index contributed by atoms with van der Waals surface area (Å²) in [6.45, 7) is 10.1. The largest absolute Gasteiger partial charge is 3.00 e. The van der Waals surface area contributed by atoms with E-state index in [1.807, 2.05) is 0 Å². The van der Waals surface area contributed by atoms with Gasteiger partial charge in [0.05, 0.1) is 0 Å². The van der Waals surface area contributed by atoms with Crippen LogP contribution >= 0.6 is 0 Å². The molecule has 0 radical (unpaired) electrons. The van der Waals surface area contributed by atoms with Gasteiger partial charge in [0.15, 0.2) is 0 Å². The molecule has 0 aromatic rings. The fourth-order valence-electron chi connectivity index (χ4n) is 0. The standard InChI is InChI=1S/3C3H6S.Au/c3*1-2-3-4;/h3*2,4H,1,3H2;/q;;;+3/p-3. The third-order valence-electron chi connectivity index (χ3n) is 0.354. The van der Waals surface area contributed by atoms with Gasteiger partial charge >= 0.3 is 22.4 Å². The number of hydrogen-bond donors (Lipinski definition) is 0. The SMILES string of the molecule is C=CC[S-].C=CC[S-].C=CC[S-].[Au+3]. The molecule has 0 saturated carbocycles. The molecule has 80 valence electrons. The van der Waals surface area contributed by atoms with Gasteiger partial charge in [0.25, 0.3) is 0 Å². The molecule has 0 N–H and O–H groups in total. The van der Waals surface area contributed by atoms with Crippen molar-refractivity contribution in [3.8, 4) is 0 Å². The quantitative estimate of drug-likeness (QED) is 0.393. The first kappa shape index (κ1) is 23.7. The van der Waals surface area contributed by atoms with Crippen molar-refractivity contribution in [1.82, 2.24) is 0 Å². The molecule has 0 bridgehead atoms. The summed E-state index contributed by atoms with van der Waals surface area (Å²) >= 11 is 13.3. The summed E-state index contributed by atoms with van der Waals surface area (Å²) in [6.07, 6.45) is 5.07. The molecule has 4 heteroatoms. The third-order valence-corrected chi connectivity index (χ3v) is 1.06. The summed E-state index contributed by atoms with van der Waals surface area (Å²) < 4.78 is 0. The van der Waals surface area contributed by atoms with Crippen LogP contribution in [0.15, 0.2) is 38.0 Å². The number of rotatable bonds is 3. The average molecular weight is 416 g/mol. The fraction of sp³-hybridized carbons (Fsp3) is 0.333. The minimum absolute atomic E-state index is 0. The van der Waals surface area contributed by atoms with Crippen LogP contribution < -0.4 is 0 Å². The molecule has 0 spiro atoms. The summed E-state index contributed by atoms with van der Waals surface area (Å²) in [6, 6.07) is 0. The summed E-state index contributed by atoms with van der Waals surface area (Å²) in [5, 5.41) is 0. The van der Waals surface area contributed by atoms with Crippen molar-refractivity contribution in [3.63, 3.8) is 0 Å². The Kier molecular flexibility index (Phi) is 69.5. The number of hydrogen-bond acceptors (Lipinski definition) is 3. The van der Waals surface area contributed by atoms with E-state index in [1.165, 1.54) is 0 Å². The Hall–Kier alpha value is 1.01. The Bertz CT molecular complexity index is 75.8. The molecule has 0 aliphatic carbocycles. The van der Waals surface area contributed by atoms with Crippen molar-refractivity contribution >= 4 is 37.9 Å². The van der Waals surface area contributed by atoms with Gasteiger partial charge in [-0.2, -0.15) is 17.3 Å². The molecule has 0 aliphatic heterocycles. The maximum atomic E-state index is 4.44. The second-order valence-corrected chi connectivity index (χ2v) is 2.37. The Balaban J connectivity index is -0.0000000450. The van der Waals surface area contributed by atoms with Gasteiger partial charge < -0.3 is 37.9 Å². The maximum Gasteiger partial charge on any atom is 3.00 e. The zero-order valence-corrected chi connectivity index (χ0v) is 12.1.